The molecule has 3 nitrogen and oxygen atoms in total. The minimum absolute atomic E-state index is 0.100. The Kier molecular flexibility index (Phi) is 4.55. The first kappa shape index (κ1) is 15.4. The highest BCUT2D eigenvalue weighted by molar-refractivity contribution is 7.80. The van der Waals surface area contributed by atoms with E-state index >= 15 is 0 Å². The molecule has 2 rings (SSSR count). The molecule has 21 heavy (non-hydrogen) atoms. The third-order valence-corrected chi connectivity index (χ3v) is 3.53. The fourth-order valence-corrected chi connectivity index (χ4v) is 2.28. The number of thiocarbonyl (C=S) groups is 1. The zero-order valence-corrected chi connectivity index (χ0v) is 12.7. The number of hydrogen-bond donors (Lipinski definition) is 1. The largest absolute Gasteiger partial charge is 0.389 e. The topological polar surface area (TPSA) is 46.3 Å². The fourth-order valence-electron chi connectivity index (χ4n) is 1.93. The van der Waals surface area contributed by atoms with Crippen molar-refractivity contribution in [2.24, 2.45) is 5.73 Å². The molecule has 0 aliphatic heterocycles. The molecule has 0 saturated heterocycles. The van der Waals surface area contributed by atoms with Gasteiger partial charge >= 0.3 is 0 Å². The van der Waals surface area contributed by atoms with Gasteiger partial charge < -0.3 is 10.6 Å². The summed E-state index contributed by atoms with van der Waals surface area (Å²) in [6, 6.07) is 11.2. The normalized spacial score (nSPS) is 10.2. The van der Waals surface area contributed by atoms with Gasteiger partial charge in [0, 0.05) is 12.6 Å². The van der Waals surface area contributed by atoms with Gasteiger partial charge in [-0.2, -0.15) is 0 Å². The Hall–Kier alpha value is -1.98. The second-order valence-corrected chi connectivity index (χ2v) is 5.19. The van der Waals surface area contributed by atoms with Gasteiger partial charge in [-0.25, -0.2) is 4.39 Å². The standard InChI is InChI=1S/C15H12ClFN2OS/c1-19(12-8-3-2-5-9(12)14(18)21)15(20)10-6-4-7-11(16)13(10)17/h2-8H,1H3,(H2,18,21). The lowest BCUT2D eigenvalue weighted by molar-refractivity contribution is 0.0989. The van der Waals surface area contributed by atoms with Gasteiger partial charge in [0.25, 0.3) is 5.91 Å². The van der Waals surface area contributed by atoms with Crippen molar-refractivity contribution in [2.75, 3.05) is 11.9 Å². The van der Waals surface area contributed by atoms with Crippen molar-refractivity contribution in [1.82, 2.24) is 0 Å². The predicted molar refractivity (Wildman–Crippen MR) is 86.5 cm³/mol. The highest BCUT2D eigenvalue weighted by atomic mass is 35.5. The molecular weight excluding hydrogens is 311 g/mol. The number of nitrogens with zero attached hydrogens (tertiary/aromatic N) is 1. The number of halogens is 2. The maximum absolute atomic E-state index is 14.0. The summed E-state index contributed by atoms with van der Waals surface area (Å²) in [5, 5.41) is -0.100. The van der Waals surface area contributed by atoms with Crippen LogP contribution in [-0.4, -0.2) is 17.9 Å². The Morgan fingerprint density at radius 3 is 2.48 bits per heavy atom. The van der Waals surface area contributed by atoms with Gasteiger partial charge in [-0.05, 0) is 24.3 Å². The maximum Gasteiger partial charge on any atom is 0.261 e. The molecule has 0 atom stereocenters. The van der Waals surface area contributed by atoms with Crippen LogP contribution in [0.5, 0.6) is 0 Å². The van der Waals surface area contributed by atoms with Crippen LogP contribution in [0.4, 0.5) is 10.1 Å². The van der Waals surface area contributed by atoms with E-state index in [1.807, 2.05) is 0 Å². The second kappa shape index (κ2) is 6.20. The number of para-hydroxylation sites is 1. The van der Waals surface area contributed by atoms with E-state index in [-0.39, 0.29) is 15.6 Å². The average Bonchev–Trinajstić information content (AvgIpc) is 2.48. The smallest absolute Gasteiger partial charge is 0.261 e. The summed E-state index contributed by atoms with van der Waals surface area (Å²) in [6.45, 7) is 0. The van der Waals surface area contributed by atoms with Crippen LogP contribution in [0.25, 0.3) is 0 Å². The Bertz CT molecular complexity index is 721. The van der Waals surface area contributed by atoms with Crippen LogP contribution >= 0.6 is 23.8 Å². The van der Waals surface area contributed by atoms with Crippen LogP contribution in [0.2, 0.25) is 5.02 Å². The lowest BCUT2D eigenvalue weighted by Gasteiger charge is -2.20. The van der Waals surface area contributed by atoms with Crippen LogP contribution in [0.3, 0.4) is 0 Å². The van der Waals surface area contributed by atoms with Crippen molar-refractivity contribution in [3.05, 3.63) is 64.4 Å². The second-order valence-electron chi connectivity index (χ2n) is 4.35. The summed E-state index contributed by atoms with van der Waals surface area (Å²) < 4.78 is 14.0. The van der Waals surface area contributed by atoms with Gasteiger partial charge in [-0.3, -0.25) is 4.79 Å². The molecule has 108 valence electrons. The first-order valence-electron chi connectivity index (χ1n) is 6.04. The predicted octanol–water partition coefficient (Wildman–Crippen LogP) is 3.39. The van der Waals surface area contributed by atoms with E-state index in [0.717, 1.165) is 0 Å². The highest BCUT2D eigenvalue weighted by Gasteiger charge is 2.21. The number of hydrogen-bond acceptors (Lipinski definition) is 2. The molecule has 6 heteroatoms. The summed E-state index contributed by atoms with van der Waals surface area (Å²) in [5.41, 5.74) is 6.59. The van der Waals surface area contributed by atoms with E-state index in [1.165, 1.54) is 30.1 Å². The van der Waals surface area contributed by atoms with E-state index < -0.39 is 11.7 Å². The first-order chi connectivity index (χ1) is 9.93. The summed E-state index contributed by atoms with van der Waals surface area (Å²) in [6.07, 6.45) is 0. The quantitative estimate of drug-likeness (QED) is 0.881. The van der Waals surface area contributed by atoms with Gasteiger partial charge in [0.1, 0.15) is 4.99 Å². The van der Waals surface area contributed by atoms with E-state index in [4.69, 9.17) is 29.6 Å². The fraction of sp³-hybridized carbons (Fsp3) is 0.0667. The number of rotatable bonds is 3. The van der Waals surface area contributed by atoms with Crippen LogP contribution < -0.4 is 10.6 Å². The Morgan fingerprint density at radius 1 is 1.19 bits per heavy atom. The number of carbonyl (C=O) groups is 1. The van der Waals surface area contributed by atoms with E-state index in [9.17, 15) is 9.18 Å². The van der Waals surface area contributed by atoms with Crippen molar-refractivity contribution < 1.29 is 9.18 Å². The highest BCUT2D eigenvalue weighted by Crippen LogP contribution is 2.24. The van der Waals surface area contributed by atoms with Gasteiger partial charge in [0.15, 0.2) is 5.82 Å². The van der Waals surface area contributed by atoms with Gasteiger partial charge in [0.05, 0.1) is 16.3 Å². The van der Waals surface area contributed by atoms with E-state index in [1.54, 1.807) is 24.3 Å². The Balaban J connectivity index is 2.45. The van der Waals surface area contributed by atoms with Crippen LogP contribution in [0, 0.1) is 5.82 Å². The summed E-state index contributed by atoms with van der Waals surface area (Å²) in [4.78, 5) is 13.9. The molecule has 2 N–H and O–H groups in total. The van der Waals surface area contributed by atoms with Gasteiger partial charge in [-0.1, -0.05) is 42.0 Å². The molecule has 0 aliphatic rings. The van der Waals surface area contributed by atoms with E-state index in [2.05, 4.69) is 0 Å². The molecule has 0 aliphatic carbocycles. The molecule has 0 fully saturated rings. The number of anilines is 1. The minimum Gasteiger partial charge on any atom is -0.389 e. The molecule has 0 saturated carbocycles. The average molecular weight is 323 g/mol. The number of nitrogens with two attached hydrogens (primary N) is 1. The van der Waals surface area contributed by atoms with Crippen molar-refractivity contribution in [3.63, 3.8) is 0 Å². The Labute approximate surface area is 132 Å². The molecule has 0 heterocycles. The third kappa shape index (κ3) is 3.04. The lowest BCUT2D eigenvalue weighted by atomic mass is 10.1. The maximum atomic E-state index is 14.0. The SMILES string of the molecule is CN(C(=O)c1cccc(Cl)c1F)c1ccccc1C(N)=S. The third-order valence-electron chi connectivity index (χ3n) is 3.02. The Morgan fingerprint density at radius 2 is 1.81 bits per heavy atom. The summed E-state index contributed by atoms with van der Waals surface area (Å²) in [5.74, 6) is -1.28. The molecule has 2 aromatic rings. The van der Waals surface area contributed by atoms with Crippen molar-refractivity contribution in [1.29, 1.82) is 0 Å². The first-order valence-corrected chi connectivity index (χ1v) is 6.83. The summed E-state index contributed by atoms with van der Waals surface area (Å²) in [7, 11) is 1.53. The molecule has 0 spiro atoms. The summed E-state index contributed by atoms with van der Waals surface area (Å²) >= 11 is 10.7. The number of amides is 1. The lowest BCUT2D eigenvalue weighted by Crippen LogP contribution is -2.29. The van der Waals surface area contributed by atoms with Crippen LogP contribution in [0.1, 0.15) is 15.9 Å². The molecule has 0 unspecified atom stereocenters. The molecule has 0 radical (unpaired) electrons. The van der Waals surface area contributed by atoms with Gasteiger partial charge in [0.2, 0.25) is 0 Å². The van der Waals surface area contributed by atoms with E-state index in [0.29, 0.717) is 11.3 Å². The molecule has 0 aromatic heterocycles. The minimum atomic E-state index is -0.746. The van der Waals surface area contributed by atoms with Crippen LogP contribution in [0.15, 0.2) is 42.5 Å². The van der Waals surface area contributed by atoms with Crippen LogP contribution in [-0.2, 0) is 0 Å². The zero-order chi connectivity index (χ0) is 15.6. The van der Waals surface area contributed by atoms with Crippen molar-refractivity contribution >= 4 is 40.4 Å². The zero-order valence-electron chi connectivity index (χ0n) is 11.1. The van der Waals surface area contributed by atoms with Crippen molar-refractivity contribution in [3.8, 4) is 0 Å². The monoisotopic (exact) mass is 322 g/mol. The van der Waals surface area contributed by atoms with Gasteiger partial charge in [-0.15, -0.1) is 0 Å². The number of carbonyl (C=O) groups excluding carboxylic acids is 1. The molecule has 2 aromatic carbocycles. The molecule has 0 bridgehead atoms. The number of benzene rings is 2. The molecular formula is C15H12ClFN2OS. The molecule has 1 amide bonds. The van der Waals surface area contributed by atoms with Crippen molar-refractivity contribution in [2.45, 2.75) is 0 Å².